The van der Waals surface area contributed by atoms with Crippen LogP contribution in [0.3, 0.4) is 0 Å². The fourth-order valence-corrected chi connectivity index (χ4v) is 1.26. The fourth-order valence-electron chi connectivity index (χ4n) is 1.03. The molecule has 0 aliphatic rings. The number of hydrogen-bond donors (Lipinski definition) is 2. The Labute approximate surface area is 109 Å². The molecule has 3 N–H and O–H groups in total. The molecule has 0 spiro atoms. The molecule has 0 aliphatic carbocycles. The number of nitrogens with zero attached hydrogens (tertiary/aromatic N) is 2. The smallest absolute Gasteiger partial charge is 0.184 e. The van der Waals surface area contributed by atoms with Gasteiger partial charge in [0.05, 0.1) is 6.21 Å². The number of nitriles is 1. The number of nitrogens with two attached hydrogens (primary N) is 1. The van der Waals surface area contributed by atoms with Gasteiger partial charge in [-0.05, 0) is 30.4 Å². The topological polar surface area (TPSA) is 83.4 Å². The van der Waals surface area contributed by atoms with E-state index in [1.54, 1.807) is 18.2 Å². The summed E-state index contributed by atoms with van der Waals surface area (Å²) in [6.07, 6.45) is 1.46. The molecule has 0 fully saturated rings. The second-order valence-corrected chi connectivity index (χ2v) is 3.74. The molecule has 0 saturated carbocycles. The molecule has 0 bridgehead atoms. The Bertz CT molecular complexity index is 484. The third-order valence-corrected chi connectivity index (χ3v) is 1.97. The molecule has 7 heteroatoms. The maximum Gasteiger partial charge on any atom is 0.184 e. The van der Waals surface area contributed by atoms with E-state index in [1.807, 2.05) is 6.07 Å². The Hall–Kier alpha value is -1.84. The van der Waals surface area contributed by atoms with Crippen molar-refractivity contribution in [3.8, 4) is 11.8 Å². The highest BCUT2D eigenvalue weighted by atomic mass is 35.5. The number of thiocarbonyl (C=S) groups is 1. The Morgan fingerprint density at radius 2 is 2.47 bits per heavy atom. The van der Waals surface area contributed by atoms with Crippen LogP contribution < -0.4 is 15.9 Å². The molecule has 1 rings (SSSR count). The van der Waals surface area contributed by atoms with Gasteiger partial charge in [-0.25, -0.2) is 0 Å². The van der Waals surface area contributed by atoms with E-state index >= 15 is 0 Å². The molecule has 0 radical (unpaired) electrons. The van der Waals surface area contributed by atoms with Crippen LogP contribution in [0, 0.1) is 11.3 Å². The highest BCUT2D eigenvalue weighted by molar-refractivity contribution is 7.80. The van der Waals surface area contributed by atoms with E-state index in [1.165, 1.54) is 6.21 Å². The molecule has 0 aliphatic heterocycles. The summed E-state index contributed by atoms with van der Waals surface area (Å²) in [5, 5.41) is 12.8. The lowest BCUT2D eigenvalue weighted by Gasteiger charge is -2.05. The van der Waals surface area contributed by atoms with Gasteiger partial charge in [0, 0.05) is 10.6 Å². The molecule has 5 nitrogen and oxygen atoms in total. The SMILES string of the molecule is N#CCOc1ccc(Cl)cc1C=NNC(N)=S. The minimum atomic E-state index is -0.0504. The first-order valence-corrected chi connectivity index (χ1v) is 5.30. The number of hydrogen-bond acceptors (Lipinski definition) is 4. The van der Waals surface area contributed by atoms with E-state index in [0.717, 1.165) is 0 Å². The quantitative estimate of drug-likeness (QED) is 0.490. The lowest BCUT2D eigenvalue weighted by Crippen LogP contribution is -2.24. The molecule has 1 aromatic rings. The summed E-state index contributed by atoms with van der Waals surface area (Å²) < 4.78 is 5.20. The second kappa shape index (κ2) is 6.68. The number of nitrogens with one attached hydrogen (secondary N) is 1. The van der Waals surface area contributed by atoms with Gasteiger partial charge < -0.3 is 10.5 Å². The first-order chi connectivity index (χ1) is 8.13. The van der Waals surface area contributed by atoms with Crippen LogP contribution in [0.15, 0.2) is 23.3 Å². The molecule has 0 unspecified atom stereocenters. The number of ether oxygens (including phenoxy) is 1. The lowest BCUT2D eigenvalue weighted by atomic mass is 10.2. The summed E-state index contributed by atoms with van der Waals surface area (Å²) in [7, 11) is 0. The zero-order valence-corrected chi connectivity index (χ0v) is 10.3. The van der Waals surface area contributed by atoms with Crippen molar-refractivity contribution in [1.82, 2.24) is 5.43 Å². The van der Waals surface area contributed by atoms with E-state index in [0.29, 0.717) is 16.3 Å². The van der Waals surface area contributed by atoms with Gasteiger partial charge in [-0.2, -0.15) is 10.4 Å². The Kier molecular flexibility index (Phi) is 5.20. The van der Waals surface area contributed by atoms with Crippen LogP contribution in [0.1, 0.15) is 5.56 Å². The summed E-state index contributed by atoms with van der Waals surface area (Å²) >= 11 is 10.4. The Morgan fingerprint density at radius 1 is 1.71 bits per heavy atom. The van der Waals surface area contributed by atoms with Crippen LogP contribution >= 0.6 is 23.8 Å². The van der Waals surface area contributed by atoms with E-state index in [9.17, 15) is 0 Å². The highest BCUT2D eigenvalue weighted by Crippen LogP contribution is 2.21. The molecule has 88 valence electrons. The van der Waals surface area contributed by atoms with E-state index in [2.05, 4.69) is 22.7 Å². The molecule has 17 heavy (non-hydrogen) atoms. The summed E-state index contributed by atoms with van der Waals surface area (Å²) in [4.78, 5) is 0. The van der Waals surface area contributed by atoms with Crippen molar-refractivity contribution in [3.05, 3.63) is 28.8 Å². The van der Waals surface area contributed by atoms with Crippen LogP contribution in [0.4, 0.5) is 0 Å². The number of benzene rings is 1. The average molecular weight is 269 g/mol. The molecule has 0 amide bonds. The minimum Gasteiger partial charge on any atom is -0.478 e. The van der Waals surface area contributed by atoms with Crippen LogP contribution in [0.25, 0.3) is 0 Å². The predicted octanol–water partition coefficient (Wildman–Crippen LogP) is 1.41. The number of rotatable bonds is 4. The van der Waals surface area contributed by atoms with Gasteiger partial charge in [-0.15, -0.1) is 0 Å². The number of halogens is 1. The van der Waals surface area contributed by atoms with Gasteiger partial charge in [-0.1, -0.05) is 11.6 Å². The first-order valence-electron chi connectivity index (χ1n) is 4.51. The maximum absolute atomic E-state index is 8.44. The van der Waals surface area contributed by atoms with Crippen molar-refractivity contribution in [1.29, 1.82) is 5.26 Å². The summed E-state index contributed by atoms with van der Waals surface area (Å²) in [5.74, 6) is 0.504. The molecule has 0 saturated heterocycles. The van der Waals surface area contributed by atoms with Crippen molar-refractivity contribution < 1.29 is 4.74 Å². The summed E-state index contributed by atoms with van der Waals surface area (Å²) in [6, 6.07) is 6.84. The van der Waals surface area contributed by atoms with E-state index < -0.39 is 0 Å². The molecule has 0 heterocycles. The average Bonchev–Trinajstić information content (AvgIpc) is 2.27. The highest BCUT2D eigenvalue weighted by Gasteiger charge is 2.02. The standard InChI is InChI=1S/C10H9ClN4OS/c11-8-1-2-9(16-4-3-12)7(5-8)6-14-15-10(13)17/h1-2,5-6H,4H2,(H3,13,15,17). The molecule has 0 atom stereocenters. The van der Waals surface area contributed by atoms with Crippen molar-refractivity contribution in [2.45, 2.75) is 0 Å². The van der Waals surface area contributed by atoms with Crippen LogP contribution in [0.2, 0.25) is 5.02 Å². The van der Waals surface area contributed by atoms with Gasteiger partial charge in [0.15, 0.2) is 11.7 Å². The Balaban J connectivity index is 2.87. The largest absolute Gasteiger partial charge is 0.478 e. The second-order valence-electron chi connectivity index (χ2n) is 2.86. The fraction of sp³-hybridized carbons (Fsp3) is 0.100. The van der Waals surface area contributed by atoms with Gasteiger partial charge in [0.2, 0.25) is 0 Å². The predicted molar refractivity (Wildman–Crippen MR) is 70.1 cm³/mol. The lowest BCUT2D eigenvalue weighted by molar-refractivity contribution is 0.367. The van der Waals surface area contributed by atoms with Crippen molar-refractivity contribution in [2.75, 3.05) is 6.61 Å². The van der Waals surface area contributed by atoms with Crippen LogP contribution in [-0.4, -0.2) is 17.9 Å². The van der Waals surface area contributed by atoms with Crippen LogP contribution in [-0.2, 0) is 0 Å². The molecular formula is C10H9ClN4OS. The maximum atomic E-state index is 8.44. The van der Waals surface area contributed by atoms with Gasteiger partial charge in [-0.3, -0.25) is 5.43 Å². The number of hydrazone groups is 1. The van der Waals surface area contributed by atoms with Gasteiger partial charge in [0.25, 0.3) is 0 Å². The van der Waals surface area contributed by atoms with E-state index in [4.69, 9.17) is 27.3 Å². The minimum absolute atomic E-state index is 0.0504. The monoisotopic (exact) mass is 268 g/mol. The van der Waals surface area contributed by atoms with Crippen molar-refractivity contribution in [3.63, 3.8) is 0 Å². The van der Waals surface area contributed by atoms with Crippen LogP contribution in [0.5, 0.6) is 5.75 Å². The van der Waals surface area contributed by atoms with E-state index in [-0.39, 0.29) is 11.7 Å². The third-order valence-electron chi connectivity index (χ3n) is 1.64. The van der Waals surface area contributed by atoms with Crippen molar-refractivity contribution in [2.24, 2.45) is 10.8 Å². The normalized spacial score (nSPS) is 9.88. The van der Waals surface area contributed by atoms with Gasteiger partial charge >= 0.3 is 0 Å². The molecule has 1 aromatic carbocycles. The van der Waals surface area contributed by atoms with Crippen molar-refractivity contribution >= 4 is 35.1 Å². The third kappa shape index (κ3) is 4.68. The molecule has 0 aromatic heterocycles. The Morgan fingerprint density at radius 3 is 3.12 bits per heavy atom. The zero-order chi connectivity index (χ0) is 12.7. The molecular weight excluding hydrogens is 260 g/mol. The first kappa shape index (κ1) is 13.2. The summed E-state index contributed by atoms with van der Waals surface area (Å²) in [6.45, 7) is -0.0504. The summed E-state index contributed by atoms with van der Waals surface area (Å²) in [5.41, 5.74) is 8.24. The zero-order valence-electron chi connectivity index (χ0n) is 8.68. The van der Waals surface area contributed by atoms with Gasteiger partial charge in [0.1, 0.15) is 11.8 Å².